The van der Waals surface area contributed by atoms with Crippen molar-refractivity contribution in [2.45, 2.75) is 30.6 Å². The first-order chi connectivity index (χ1) is 12.7. The minimum absolute atomic E-state index is 0.111. The molecule has 2 atom stereocenters. The van der Waals surface area contributed by atoms with Crippen LogP contribution in [0.1, 0.15) is 18.1 Å². The van der Waals surface area contributed by atoms with Crippen LogP contribution in [0.4, 0.5) is 0 Å². The fourth-order valence-corrected chi connectivity index (χ4v) is 3.57. The van der Waals surface area contributed by atoms with Gasteiger partial charge in [-0.1, -0.05) is 29.8 Å². The van der Waals surface area contributed by atoms with Crippen LogP contribution in [0.25, 0.3) is 0 Å². The number of nitrogens with zero attached hydrogens (tertiary/aromatic N) is 1. The summed E-state index contributed by atoms with van der Waals surface area (Å²) in [6.07, 6.45) is -1.34. The van der Waals surface area contributed by atoms with Gasteiger partial charge in [0.1, 0.15) is 12.6 Å². The molecule has 142 valence electrons. The van der Waals surface area contributed by atoms with Crippen molar-refractivity contribution in [2.24, 2.45) is 0 Å². The Kier molecular flexibility index (Phi) is 6.93. The Hall–Kier alpha value is -2.44. The fraction of sp³-hybridized carbons (Fsp3) is 0.222. The first-order valence-corrected chi connectivity index (χ1v) is 9.71. The van der Waals surface area contributed by atoms with Crippen molar-refractivity contribution in [1.29, 1.82) is 5.26 Å². The van der Waals surface area contributed by atoms with E-state index in [1.807, 2.05) is 6.07 Å². The third-order valence-corrected chi connectivity index (χ3v) is 5.36. The van der Waals surface area contributed by atoms with Crippen molar-refractivity contribution < 1.29 is 23.1 Å². The molecule has 0 saturated heterocycles. The van der Waals surface area contributed by atoms with E-state index in [1.165, 1.54) is 31.2 Å². The quantitative estimate of drug-likeness (QED) is 0.676. The van der Waals surface area contributed by atoms with E-state index in [2.05, 4.69) is 4.72 Å². The molecule has 0 amide bonds. The highest BCUT2D eigenvalue weighted by atomic mass is 35.5. The number of aliphatic hydroxyl groups excluding tert-OH is 1. The Bertz CT molecular complexity index is 952. The summed E-state index contributed by atoms with van der Waals surface area (Å²) in [7, 11) is -4.08. The number of halogens is 1. The molecule has 0 aliphatic heterocycles. The maximum atomic E-state index is 12.4. The molecule has 7 nitrogen and oxygen atoms in total. The van der Waals surface area contributed by atoms with Crippen molar-refractivity contribution in [1.82, 2.24) is 4.72 Å². The van der Waals surface area contributed by atoms with Gasteiger partial charge in [-0.05, 0) is 37.3 Å². The van der Waals surface area contributed by atoms with Crippen LogP contribution in [0.15, 0.2) is 53.4 Å². The van der Waals surface area contributed by atoms with Crippen LogP contribution in [0.5, 0.6) is 0 Å². The number of hydrogen-bond acceptors (Lipinski definition) is 6. The Morgan fingerprint density at radius 1 is 1.26 bits per heavy atom. The van der Waals surface area contributed by atoms with Gasteiger partial charge in [0.2, 0.25) is 10.0 Å². The van der Waals surface area contributed by atoms with Crippen molar-refractivity contribution in [3.63, 3.8) is 0 Å². The number of sulfonamides is 1. The molecule has 27 heavy (non-hydrogen) atoms. The van der Waals surface area contributed by atoms with Crippen LogP contribution in [0.3, 0.4) is 0 Å². The predicted octanol–water partition coefficient (Wildman–Crippen LogP) is 1.98. The monoisotopic (exact) mass is 408 g/mol. The molecule has 2 N–H and O–H groups in total. The fourth-order valence-electron chi connectivity index (χ4n) is 2.19. The van der Waals surface area contributed by atoms with Crippen LogP contribution >= 0.6 is 11.6 Å². The van der Waals surface area contributed by atoms with Crippen LogP contribution < -0.4 is 4.72 Å². The molecule has 2 aromatic rings. The second-order valence-corrected chi connectivity index (χ2v) is 7.82. The lowest BCUT2D eigenvalue weighted by atomic mass is 10.1. The summed E-state index contributed by atoms with van der Waals surface area (Å²) in [5, 5.41) is 19.2. The van der Waals surface area contributed by atoms with E-state index in [0.717, 1.165) is 0 Å². The van der Waals surface area contributed by atoms with E-state index in [-0.39, 0.29) is 11.5 Å². The van der Waals surface area contributed by atoms with Gasteiger partial charge < -0.3 is 9.84 Å². The third kappa shape index (κ3) is 5.52. The summed E-state index contributed by atoms with van der Waals surface area (Å²) >= 11 is 5.74. The lowest BCUT2D eigenvalue weighted by Crippen LogP contribution is -2.48. The topological polar surface area (TPSA) is 116 Å². The summed E-state index contributed by atoms with van der Waals surface area (Å²) in [5.74, 6) is -0.963. The van der Waals surface area contributed by atoms with Gasteiger partial charge in [0.25, 0.3) is 0 Å². The Labute approximate surface area is 162 Å². The van der Waals surface area contributed by atoms with Crippen molar-refractivity contribution in [2.75, 3.05) is 0 Å². The molecule has 0 bridgehead atoms. The molecule has 2 aromatic carbocycles. The minimum Gasteiger partial charge on any atom is -0.460 e. The summed E-state index contributed by atoms with van der Waals surface area (Å²) in [6.45, 7) is 1.04. The van der Waals surface area contributed by atoms with Gasteiger partial charge in [-0.25, -0.2) is 8.42 Å². The standard InChI is InChI=1S/C18H17ClN2O5S/c1-12(22)17(21-27(24,25)16-8-6-15(19)7-9-16)18(23)26-11-14-5-3-2-4-13(14)10-20/h2-9,12,17,21-22H,11H2,1H3/t12-,17-/m0/s1. The van der Waals surface area contributed by atoms with Crippen molar-refractivity contribution in [3.8, 4) is 6.07 Å². The maximum Gasteiger partial charge on any atom is 0.327 e. The average molecular weight is 409 g/mol. The lowest BCUT2D eigenvalue weighted by molar-refractivity contribution is -0.149. The SMILES string of the molecule is C[C@H](O)[C@H](NS(=O)(=O)c1ccc(Cl)cc1)C(=O)OCc1ccccc1C#N. The van der Waals surface area contributed by atoms with Gasteiger partial charge in [-0.15, -0.1) is 0 Å². The van der Waals surface area contributed by atoms with E-state index < -0.39 is 28.1 Å². The summed E-state index contributed by atoms with van der Waals surface area (Å²) in [6, 6.07) is 12.3. The molecule has 0 spiro atoms. The molecule has 0 radical (unpaired) electrons. The van der Waals surface area contributed by atoms with E-state index in [1.54, 1.807) is 24.3 Å². The van der Waals surface area contributed by atoms with Crippen LogP contribution in [0, 0.1) is 11.3 Å². The van der Waals surface area contributed by atoms with Crippen LogP contribution in [-0.4, -0.2) is 31.6 Å². The predicted molar refractivity (Wildman–Crippen MR) is 98.2 cm³/mol. The normalized spacial score (nSPS) is 13.4. The second-order valence-electron chi connectivity index (χ2n) is 5.67. The highest BCUT2D eigenvalue weighted by Crippen LogP contribution is 2.15. The molecule has 9 heteroatoms. The van der Waals surface area contributed by atoms with E-state index >= 15 is 0 Å². The molecule has 2 rings (SSSR count). The number of carbonyl (C=O) groups is 1. The Morgan fingerprint density at radius 2 is 1.89 bits per heavy atom. The largest absolute Gasteiger partial charge is 0.460 e. The first kappa shape index (κ1) is 20.9. The van der Waals surface area contributed by atoms with Crippen LogP contribution in [-0.2, 0) is 26.2 Å². The molecular weight excluding hydrogens is 392 g/mol. The first-order valence-electron chi connectivity index (χ1n) is 7.85. The van der Waals surface area contributed by atoms with E-state index in [9.17, 15) is 18.3 Å². The zero-order valence-electron chi connectivity index (χ0n) is 14.3. The Morgan fingerprint density at radius 3 is 2.48 bits per heavy atom. The zero-order valence-corrected chi connectivity index (χ0v) is 15.9. The summed E-state index contributed by atoms with van der Waals surface area (Å²) in [5.41, 5.74) is 0.805. The molecular formula is C18H17ClN2O5S. The lowest BCUT2D eigenvalue weighted by Gasteiger charge is -2.20. The number of aliphatic hydroxyl groups is 1. The van der Waals surface area contributed by atoms with Gasteiger partial charge in [-0.2, -0.15) is 9.98 Å². The summed E-state index contributed by atoms with van der Waals surface area (Å²) in [4.78, 5) is 12.2. The number of nitrogens with one attached hydrogen (secondary N) is 1. The molecule has 0 fully saturated rings. The molecule has 0 unspecified atom stereocenters. The molecule has 0 aliphatic rings. The zero-order chi connectivity index (χ0) is 20.0. The summed E-state index contributed by atoms with van der Waals surface area (Å²) < 4.78 is 32.1. The average Bonchev–Trinajstić information content (AvgIpc) is 2.64. The van der Waals surface area contributed by atoms with Gasteiger partial charge in [0.05, 0.1) is 22.6 Å². The highest BCUT2D eigenvalue weighted by molar-refractivity contribution is 7.89. The molecule has 0 aliphatic carbocycles. The number of benzene rings is 2. The molecule has 0 aromatic heterocycles. The molecule has 0 saturated carbocycles. The van der Waals surface area contributed by atoms with E-state index in [4.69, 9.17) is 21.6 Å². The smallest absolute Gasteiger partial charge is 0.327 e. The van der Waals surface area contributed by atoms with Crippen LogP contribution in [0.2, 0.25) is 5.02 Å². The van der Waals surface area contributed by atoms with Crippen molar-refractivity contribution in [3.05, 3.63) is 64.7 Å². The van der Waals surface area contributed by atoms with Gasteiger partial charge >= 0.3 is 5.97 Å². The number of rotatable bonds is 7. The molecule has 0 heterocycles. The number of ether oxygens (including phenoxy) is 1. The van der Waals surface area contributed by atoms with Gasteiger partial charge in [0.15, 0.2) is 0 Å². The number of esters is 1. The number of hydrogen-bond donors (Lipinski definition) is 2. The van der Waals surface area contributed by atoms with Gasteiger partial charge in [-0.3, -0.25) is 4.79 Å². The van der Waals surface area contributed by atoms with Crippen molar-refractivity contribution >= 4 is 27.6 Å². The second kappa shape index (κ2) is 8.97. The maximum absolute atomic E-state index is 12.4. The van der Waals surface area contributed by atoms with E-state index in [0.29, 0.717) is 16.1 Å². The number of carbonyl (C=O) groups excluding carboxylic acids is 1. The highest BCUT2D eigenvalue weighted by Gasteiger charge is 2.31. The third-order valence-electron chi connectivity index (χ3n) is 3.65. The van der Waals surface area contributed by atoms with Gasteiger partial charge in [0, 0.05) is 10.6 Å². The number of nitriles is 1. The Balaban J connectivity index is 2.13. The minimum atomic E-state index is -4.08.